The maximum atomic E-state index is 12.8. The number of nitrogens with zero attached hydrogens (tertiary/aromatic N) is 3. The van der Waals surface area contributed by atoms with Gasteiger partial charge in [0.1, 0.15) is 11.4 Å². The summed E-state index contributed by atoms with van der Waals surface area (Å²) < 4.78 is 14.9. The minimum Gasteiger partial charge on any atom is -0.508 e. The Morgan fingerprint density at radius 3 is 2.62 bits per heavy atom. The number of hydrogen-bond donors (Lipinski definition) is 1. The molecule has 0 amide bonds. The van der Waals surface area contributed by atoms with Gasteiger partial charge in [-0.05, 0) is 84.0 Å². The number of benzene rings is 1. The summed E-state index contributed by atoms with van der Waals surface area (Å²) in [4.78, 5) is 7.22. The quantitative estimate of drug-likeness (QED) is 0.394. The molecule has 1 aliphatic heterocycles. The van der Waals surface area contributed by atoms with Gasteiger partial charge in [0, 0.05) is 37.9 Å². The van der Waals surface area contributed by atoms with Gasteiger partial charge < -0.3 is 9.51 Å². The predicted octanol–water partition coefficient (Wildman–Crippen LogP) is 7.43. The highest BCUT2D eigenvalue weighted by Crippen LogP contribution is 2.45. The Bertz CT molecular complexity index is 1260. The molecule has 2 atom stereocenters. The number of fused-ring (bicyclic) bond motifs is 2. The first kappa shape index (κ1) is 26.0. The van der Waals surface area contributed by atoms with E-state index in [4.69, 9.17) is 4.98 Å². The monoisotopic (exact) mass is 503 g/mol. The number of allylic oxidation sites excluding steroid dienone is 1. The minimum absolute atomic E-state index is 0.195. The fourth-order valence-electron chi connectivity index (χ4n) is 6.74. The molecule has 3 aromatic rings. The number of aromatic hydroxyl groups is 1. The SMILES string of the molecule is CC.CC1CCCCC1C1=C(c2ccn3cc(CN4CC(CF)C4)nc3c2)c2ccc(O)cc2CCC1. The number of phenols is 1. The second-order valence-corrected chi connectivity index (χ2v) is 11.1. The number of imidazole rings is 1. The Morgan fingerprint density at radius 2 is 1.84 bits per heavy atom. The molecule has 0 radical (unpaired) electrons. The molecule has 4 nitrogen and oxygen atoms in total. The predicted molar refractivity (Wildman–Crippen MR) is 149 cm³/mol. The van der Waals surface area contributed by atoms with Gasteiger partial charge in [0.05, 0.1) is 12.4 Å². The van der Waals surface area contributed by atoms with Crippen molar-refractivity contribution >= 4 is 11.2 Å². The fraction of sp³-hybridized carbons (Fsp3) is 0.531. The lowest BCUT2D eigenvalue weighted by atomic mass is 9.72. The van der Waals surface area contributed by atoms with Crippen molar-refractivity contribution in [1.29, 1.82) is 0 Å². The van der Waals surface area contributed by atoms with E-state index in [9.17, 15) is 9.50 Å². The van der Waals surface area contributed by atoms with Gasteiger partial charge in [-0.1, -0.05) is 51.7 Å². The second kappa shape index (κ2) is 11.4. The number of likely N-dealkylation sites (tertiary alicyclic amines) is 1. The molecule has 1 aromatic carbocycles. The van der Waals surface area contributed by atoms with Crippen LogP contribution in [0.1, 0.15) is 81.7 Å². The van der Waals surface area contributed by atoms with E-state index in [0.717, 1.165) is 50.2 Å². The van der Waals surface area contributed by atoms with Crippen LogP contribution in [0.15, 0.2) is 48.3 Å². The van der Waals surface area contributed by atoms with Crippen LogP contribution in [-0.2, 0) is 13.0 Å². The molecule has 2 aliphatic carbocycles. The zero-order chi connectivity index (χ0) is 25.9. The van der Waals surface area contributed by atoms with Crippen LogP contribution in [-0.4, -0.2) is 39.2 Å². The van der Waals surface area contributed by atoms with Crippen LogP contribution < -0.4 is 0 Å². The van der Waals surface area contributed by atoms with Crippen molar-refractivity contribution in [2.45, 2.75) is 72.3 Å². The third-order valence-electron chi connectivity index (χ3n) is 8.57. The van der Waals surface area contributed by atoms with E-state index in [-0.39, 0.29) is 12.6 Å². The van der Waals surface area contributed by atoms with Crippen LogP contribution in [0.25, 0.3) is 11.2 Å². The van der Waals surface area contributed by atoms with E-state index in [1.807, 2.05) is 26.0 Å². The van der Waals surface area contributed by atoms with E-state index < -0.39 is 0 Å². The first-order valence-corrected chi connectivity index (χ1v) is 14.4. The van der Waals surface area contributed by atoms with Crippen LogP contribution in [0.5, 0.6) is 5.75 Å². The number of phenolic OH excluding ortho intramolecular Hbond substituents is 1. The van der Waals surface area contributed by atoms with Gasteiger partial charge in [0.15, 0.2) is 0 Å². The summed E-state index contributed by atoms with van der Waals surface area (Å²) in [5.41, 5.74) is 8.75. The maximum absolute atomic E-state index is 12.8. The first-order valence-electron chi connectivity index (χ1n) is 14.4. The standard InChI is InChI=1S/C30H36FN3O.C2H6/c1-20-5-2-3-7-26(20)28-8-4-6-22-13-25(35)9-10-27(22)30(28)23-11-12-34-19-24(32-29(34)14-23)18-33-16-21(15-31)17-33;1-2/h9-14,19-21,26,35H,2-8,15-18H2,1H3;1-2H3. The van der Waals surface area contributed by atoms with Crippen molar-refractivity contribution in [3.8, 4) is 5.75 Å². The second-order valence-electron chi connectivity index (χ2n) is 11.1. The summed E-state index contributed by atoms with van der Waals surface area (Å²) in [6, 6.07) is 10.4. The lowest BCUT2D eigenvalue weighted by molar-refractivity contribution is 0.0727. The number of aryl methyl sites for hydroxylation is 1. The number of aromatic nitrogens is 2. The lowest BCUT2D eigenvalue weighted by Gasteiger charge is -2.37. The largest absolute Gasteiger partial charge is 0.508 e. The summed E-state index contributed by atoms with van der Waals surface area (Å²) in [5.74, 6) is 1.88. The van der Waals surface area contributed by atoms with Crippen LogP contribution in [0, 0.1) is 17.8 Å². The molecule has 6 rings (SSSR count). The molecule has 2 aromatic heterocycles. The van der Waals surface area contributed by atoms with Crippen LogP contribution in [0.4, 0.5) is 4.39 Å². The Labute approximate surface area is 221 Å². The maximum Gasteiger partial charge on any atom is 0.137 e. The van der Waals surface area contributed by atoms with Gasteiger partial charge in [0.2, 0.25) is 0 Å². The van der Waals surface area contributed by atoms with Gasteiger partial charge in [-0.2, -0.15) is 0 Å². The molecule has 2 unspecified atom stereocenters. The van der Waals surface area contributed by atoms with E-state index in [0.29, 0.717) is 17.6 Å². The first-order chi connectivity index (χ1) is 18.1. The molecule has 0 bridgehead atoms. The van der Waals surface area contributed by atoms with E-state index in [1.54, 1.807) is 5.57 Å². The molecule has 2 fully saturated rings. The molecular formula is C32H42FN3O. The highest BCUT2D eigenvalue weighted by atomic mass is 19.1. The molecule has 198 valence electrons. The number of halogens is 1. The molecule has 37 heavy (non-hydrogen) atoms. The molecule has 5 heteroatoms. The molecule has 1 saturated carbocycles. The lowest BCUT2D eigenvalue weighted by Crippen LogP contribution is -2.46. The third kappa shape index (κ3) is 5.34. The van der Waals surface area contributed by atoms with Gasteiger partial charge in [-0.25, -0.2) is 4.98 Å². The van der Waals surface area contributed by atoms with Gasteiger partial charge in [-0.15, -0.1) is 0 Å². The number of pyridine rings is 1. The van der Waals surface area contributed by atoms with Crippen LogP contribution >= 0.6 is 0 Å². The zero-order valence-electron chi connectivity index (χ0n) is 22.7. The fourth-order valence-corrected chi connectivity index (χ4v) is 6.74. The number of hydrogen-bond acceptors (Lipinski definition) is 3. The van der Waals surface area contributed by atoms with E-state index >= 15 is 0 Å². The van der Waals surface area contributed by atoms with E-state index in [2.05, 4.69) is 46.8 Å². The van der Waals surface area contributed by atoms with Crippen molar-refractivity contribution in [3.05, 3.63) is 70.7 Å². The Morgan fingerprint density at radius 1 is 1.03 bits per heavy atom. The van der Waals surface area contributed by atoms with Gasteiger partial charge in [0.25, 0.3) is 0 Å². The summed E-state index contributed by atoms with van der Waals surface area (Å²) >= 11 is 0. The van der Waals surface area contributed by atoms with E-state index in [1.165, 1.54) is 47.9 Å². The van der Waals surface area contributed by atoms with Crippen LogP contribution in [0.2, 0.25) is 0 Å². The minimum atomic E-state index is -0.221. The molecule has 3 heterocycles. The van der Waals surface area contributed by atoms with Crippen molar-refractivity contribution in [2.75, 3.05) is 19.8 Å². The smallest absolute Gasteiger partial charge is 0.137 e. The summed E-state index contributed by atoms with van der Waals surface area (Å²) in [6.45, 7) is 8.65. The summed E-state index contributed by atoms with van der Waals surface area (Å²) in [6.07, 6.45) is 12.8. The van der Waals surface area contributed by atoms with Crippen molar-refractivity contribution in [2.24, 2.45) is 17.8 Å². The van der Waals surface area contributed by atoms with Crippen molar-refractivity contribution < 1.29 is 9.50 Å². The van der Waals surface area contributed by atoms with Gasteiger partial charge in [-0.3, -0.25) is 9.29 Å². The van der Waals surface area contributed by atoms with Crippen molar-refractivity contribution in [3.63, 3.8) is 0 Å². The highest BCUT2D eigenvalue weighted by molar-refractivity contribution is 5.85. The zero-order valence-corrected chi connectivity index (χ0v) is 22.7. The average molecular weight is 504 g/mol. The summed E-state index contributed by atoms with van der Waals surface area (Å²) in [5, 5.41) is 10.2. The third-order valence-corrected chi connectivity index (χ3v) is 8.57. The topological polar surface area (TPSA) is 40.8 Å². The number of alkyl halides is 1. The Balaban J connectivity index is 0.00000137. The Kier molecular flexibility index (Phi) is 7.99. The molecule has 1 N–H and O–H groups in total. The molecule has 0 spiro atoms. The molecular weight excluding hydrogens is 461 g/mol. The normalized spacial score (nSPS) is 22.7. The molecule has 1 saturated heterocycles. The number of rotatable bonds is 5. The van der Waals surface area contributed by atoms with Crippen molar-refractivity contribution in [1.82, 2.24) is 14.3 Å². The summed E-state index contributed by atoms with van der Waals surface area (Å²) in [7, 11) is 0. The van der Waals surface area contributed by atoms with Crippen LogP contribution in [0.3, 0.4) is 0 Å². The Hall–Kier alpha value is -2.66. The highest BCUT2D eigenvalue weighted by Gasteiger charge is 2.30. The van der Waals surface area contributed by atoms with Gasteiger partial charge >= 0.3 is 0 Å². The average Bonchev–Trinajstić information content (AvgIpc) is 3.20. The molecule has 3 aliphatic rings.